The highest BCUT2D eigenvalue weighted by molar-refractivity contribution is 5.97. The summed E-state index contributed by atoms with van der Waals surface area (Å²) < 4.78 is 0. The van der Waals surface area contributed by atoms with Gasteiger partial charge in [0.25, 0.3) is 0 Å². The predicted octanol–water partition coefficient (Wildman–Crippen LogP) is 2.49. The maximum Gasteiger partial charge on any atom is 0.0600 e. The van der Waals surface area contributed by atoms with E-state index in [0.717, 1.165) is 17.1 Å². The maximum absolute atomic E-state index is 4.19. The van der Waals surface area contributed by atoms with Crippen molar-refractivity contribution in [1.82, 2.24) is 5.32 Å². The molecular formula is C10H18N2. The minimum atomic E-state index is 0.396. The Kier molecular flexibility index (Phi) is 4.34. The van der Waals surface area contributed by atoms with Crippen molar-refractivity contribution in [2.45, 2.75) is 33.7 Å². The van der Waals surface area contributed by atoms with Crippen molar-refractivity contribution >= 4 is 5.71 Å². The lowest BCUT2D eigenvalue weighted by atomic mass is 10.3. The van der Waals surface area contributed by atoms with E-state index in [2.05, 4.69) is 37.3 Å². The van der Waals surface area contributed by atoms with E-state index < -0.39 is 0 Å². The second kappa shape index (κ2) is 4.75. The highest BCUT2D eigenvalue weighted by Gasteiger charge is 1.99. The zero-order valence-electron chi connectivity index (χ0n) is 8.44. The van der Waals surface area contributed by atoms with E-state index >= 15 is 0 Å². The van der Waals surface area contributed by atoms with E-state index in [9.17, 15) is 0 Å². The number of allylic oxidation sites excluding steroid dienone is 2. The number of hydrogen-bond acceptors (Lipinski definition) is 2. The van der Waals surface area contributed by atoms with Crippen molar-refractivity contribution in [2.75, 3.05) is 0 Å². The number of rotatable bonds is 4. The van der Waals surface area contributed by atoms with Crippen molar-refractivity contribution in [1.29, 1.82) is 0 Å². The number of nitrogens with zero attached hydrogens (tertiary/aromatic N) is 1. The summed E-state index contributed by atoms with van der Waals surface area (Å²) in [6, 6.07) is 0.396. The topological polar surface area (TPSA) is 24.4 Å². The van der Waals surface area contributed by atoms with Crippen LogP contribution < -0.4 is 5.32 Å². The first-order chi connectivity index (χ1) is 5.43. The van der Waals surface area contributed by atoms with Crippen LogP contribution in [0, 0.1) is 0 Å². The summed E-state index contributed by atoms with van der Waals surface area (Å²) in [4.78, 5) is 4.19. The minimum absolute atomic E-state index is 0.396. The van der Waals surface area contributed by atoms with Gasteiger partial charge in [0.15, 0.2) is 0 Å². The van der Waals surface area contributed by atoms with Crippen molar-refractivity contribution in [3.63, 3.8) is 0 Å². The predicted molar refractivity (Wildman–Crippen MR) is 55.3 cm³/mol. The van der Waals surface area contributed by atoms with Crippen LogP contribution in [0.2, 0.25) is 0 Å². The van der Waals surface area contributed by atoms with Gasteiger partial charge in [0.2, 0.25) is 0 Å². The molecule has 0 aromatic rings. The van der Waals surface area contributed by atoms with Crippen LogP contribution in [0.4, 0.5) is 0 Å². The van der Waals surface area contributed by atoms with E-state index in [1.54, 1.807) is 0 Å². The third-order valence-corrected chi connectivity index (χ3v) is 1.26. The fourth-order valence-electron chi connectivity index (χ4n) is 0.807. The van der Waals surface area contributed by atoms with Gasteiger partial charge in [0.1, 0.15) is 0 Å². The summed E-state index contributed by atoms with van der Waals surface area (Å²) in [5.41, 5.74) is 2.57. The Morgan fingerprint density at radius 3 is 2.08 bits per heavy atom. The zero-order valence-corrected chi connectivity index (χ0v) is 8.44. The molecule has 0 aromatic carbocycles. The standard InChI is InChI=1S/C10H18N2/c1-7(2)11-9(5)10(6)12-8(3)4/h8,12H,1,6H2,2-5H3/b11-9+. The monoisotopic (exact) mass is 166 g/mol. The summed E-state index contributed by atoms with van der Waals surface area (Å²) >= 11 is 0. The second-order valence-corrected chi connectivity index (χ2v) is 3.21. The van der Waals surface area contributed by atoms with Crippen molar-refractivity contribution in [3.05, 3.63) is 24.6 Å². The van der Waals surface area contributed by atoms with Crippen LogP contribution in [0.25, 0.3) is 0 Å². The molecule has 2 heteroatoms. The summed E-state index contributed by atoms with van der Waals surface area (Å²) in [5.74, 6) is 0. The van der Waals surface area contributed by atoms with Crippen molar-refractivity contribution < 1.29 is 0 Å². The summed E-state index contributed by atoms with van der Waals surface area (Å²) in [6.07, 6.45) is 0. The molecule has 0 aliphatic carbocycles. The molecule has 1 N–H and O–H groups in total. The largest absolute Gasteiger partial charge is 0.382 e. The molecule has 68 valence electrons. The van der Waals surface area contributed by atoms with Crippen LogP contribution in [-0.4, -0.2) is 11.8 Å². The van der Waals surface area contributed by atoms with E-state index in [-0.39, 0.29) is 0 Å². The van der Waals surface area contributed by atoms with Gasteiger partial charge in [-0.3, -0.25) is 4.99 Å². The molecule has 0 atom stereocenters. The lowest BCUT2D eigenvalue weighted by Crippen LogP contribution is -2.25. The number of nitrogens with one attached hydrogen (secondary N) is 1. The third-order valence-electron chi connectivity index (χ3n) is 1.26. The third kappa shape index (κ3) is 4.72. The Morgan fingerprint density at radius 1 is 1.25 bits per heavy atom. The molecule has 0 fully saturated rings. The summed E-state index contributed by atoms with van der Waals surface area (Å²) in [7, 11) is 0. The Morgan fingerprint density at radius 2 is 1.75 bits per heavy atom. The lowest BCUT2D eigenvalue weighted by Gasteiger charge is -2.12. The molecule has 0 radical (unpaired) electrons. The normalized spacial score (nSPS) is 11.6. The molecule has 0 aromatic heterocycles. The first-order valence-corrected chi connectivity index (χ1v) is 4.10. The molecule has 0 bridgehead atoms. The van der Waals surface area contributed by atoms with E-state index in [0.29, 0.717) is 6.04 Å². The zero-order chi connectivity index (χ0) is 9.72. The van der Waals surface area contributed by atoms with E-state index in [1.807, 2.05) is 13.8 Å². The molecule has 12 heavy (non-hydrogen) atoms. The summed E-state index contributed by atoms with van der Waals surface area (Å²) in [5, 5.41) is 3.18. The first-order valence-electron chi connectivity index (χ1n) is 4.10. The molecule has 2 nitrogen and oxygen atoms in total. The van der Waals surface area contributed by atoms with Crippen LogP contribution in [-0.2, 0) is 0 Å². The highest BCUT2D eigenvalue weighted by Crippen LogP contribution is 1.97. The van der Waals surface area contributed by atoms with Gasteiger partial charge in [0.05, 0.1) is 5.71 Å². The molecule has 0 unspecified atom stereocenters. The smallest absolute Gasteiger partial charge is 0.0600 e. The quantitative estimate of drug-likeness (QED) is 0.637. The van der Waals surface area contributed by atoms with E-state index in [4.69, 9.17) is 0 Å². The SMILES string of the molecule is C=C(C)/N=C(\C)C(=C)NC(C)C. The van der Waals surface area contributed by atoms with Crippen LogP contribution in [0.3, 0.4) is 0 Å². The first kappa shape index (κ1) is 11.0. The minimum Gasteiger partial charge on any atom is -0.382 e. The average Bonchev–Trinajstić information content (AvgIpc) is 1.84. The average molecular weight is 166 g/mol. The van der Waals surface area contributed by atoms with Gasteiger partial charge in [-0.25, -0.2) is 0 Å². The van der Waals surface area contributed by atoms with Gasteiger partial charge in [0, 0.05) is 17.4 Å². The van der Waals surface area contributed by atoms with Crippen molar-refractivity contribution in [2.24, 2.45) is 4.99 Å². The van der Waals surface area contributed by atoms with Gasteiger partial charge in [-0.15, -0.1) is 0 Å². The second-order valence-electron chi connectivity index (χ2n) is 3.21. The number of hydrogen-bond donors (Lipinski definition) is 1. The van der Waals surface area contributed by atoms with Crippen LogP contribution >= 0.6 is 0 Å². The lowest BCUT2D eigenvalue weighted by molar-refractivity contribution is 0.688. The molecule has 0 aliphatic heterocycles. The molecule has 0 heterocycles. The van der Waals surface area contributed by atoms with Gasteiger partial charge in [-0.1, -0.05) is 13.2 Å². The Labute approximate surface area is 75.1 Å². The molecular weight excluding hydrogens is 148 g/mol. The fourth-order valence-corrected chi connectivity index (χ4v) is 0.807. The van der Waals surface area contributed by atoms with Crippen molar-refractivity contribution in [3.8, 4) is 0 Å². The highest BCUT2D eigenvalue weighted by atomic mass is 14.9. The summed E-state index contributed by atoms with van der Waals surface area (Å²) in [6.45, 7) is 15.5. The maximum atomic E-state index is 4.19. The molecule has 0 saturated carbocycles. The van der Waals surface area contributed by atoms with Gasteiger partial charge in [-0.2, -0.15) is 0 Å². The van der Waals surface area contributed by atoms with E-state index in [1.165, 1.54) is 0 Å². The molecule has 0 aliphatic rings. The molecule has 0 amide bonds. The Balaban J connectivity index is 4.20. The number of aliphatic imine (C=N–C) groups is 1. The molecule has 0 saturated heterocycles. The Bertz CT molecular complexity index is 212. The van der Waals surface area contributed by atoms with Gasteiger partial charge < -0.3 is 5.32 Å². The van der Waals surface area contributed by atoms with Gasteiger partial charge in [-0.05, 0) is 27.7 Å². The molecule has 0 spiro atoms. The van der Waals surface area contributed by atoms with Crippen LogP contribution in [0.1, 0.15) is 27.7 Å². The fraction of sp³-hybridized carbons (Fsp3) is 0.500. The molecule has 0 rings (SSSR count). The van der Waals surface area contributed by atoms with Crippen LogP contribution in [0.15, 0.2) is 29.5 Å². The van der Waals surface area contributed by atoms with Crippen LogP contribution in [0.5, 0.6) is 0 Å². The Hall–Kier alpha value is -1.05. The van der Waals surface area contributed by atoms with Gasteiger partial charge >= 0.3 is 0 Å².